The van der Waals surface area contributed by atoms with Crippen LogP contribution in [0.2, 0.25) is 0 Å². The minimum atomic E-state index is -0.0952. The van der Waals surface area contributed by atoms with Crippen LogP contribution in [0.1, 0.15) is 11.1 Å². The summed E-state index contributed by atoms with van der Waals surface area (Å²) in [5, 5.41) is 28.2. The van der Waals surface area contributed by atoms with Crippen LogP contribution < -0.4 is 0 Å². The lowest BCUT2D eigenvalue weighted by Crippen LogP contribution is -1.93. The highest BCUT2D eigenvalue weighted by atomic mass is 35.5. The first-order chi connectivity index (χ1) is 8.17. The van der Waals surface area contributed by atoms with Crippen molar-refractivity contribution in [3.05, 3.63) is 41.5 Å². The van der Waals surface area contributed by atoms with Crippen LogP contribution in [-0.4, -0.2) is 14.8 Å². The summed E-state index contributed by atoms with van der Waals surface area (Å²) >= 11 is 5.63. The lowest BCUT2D eigenvalue weighted by Gasteiger charge is -2.06. The Kier molecular flexibility index (Phi) is 2.94. The third-order valence-electron chi connectivity index (χ3n) is 2.43. The average Bonchev–Trinajstić information content (AvgIpc) is 2.64. The molecule has 1 aromatic carbocycles. The second-order valence-corrected chi connectivity index (χ2v) is 3.75. The number of nitrogens with zero attached hydrogens (tertiary/aromatic N) is 2. The van der Waals surface area contributed by atoms with Gasteiger partial charge in [-0.05, 0) is 24.3 Å². The molecule has 2 aromatic rings. The van der Waals surface area contributed by atoms with E-state index in [4.69, 9.17) is 16.9 Å². The van der Waals surface area contributed by atoms with Crippen molar-refractivity contribution in [1.29, 1.82) is 5.26 Å². The standard InChI is InChI=1S/C12H9ClN2O2/c13-6-9-5-11(16)15(12(9)17)10-3-1-8(7-14)2-4-10/h1-5,16-17H,6H2. The summed E-state index contributed by atoms with van der Waals surface area (Å²) in [6.07, 6.45) is 0. The molecule has 0 saturated heterocycles. The summed E-state index contributed by atoms with van der Waals surface area (Å²) in [6, 6.07) is 9.88. The number of aromatic hydroxyl groups is 2. The summed E-state index contributed by atoms with van der Waals surface area (Å²) < 4.78 is 1.26. The maximum atomic E-state index is 9.84. The Balaban J connectivity index is 2.53. The van der Waals surface area contributed by atoms with E-state index in [0.29, 0.717) is 16.8 Å². The summed E-state index contributed by atoms with van der Waals surface area (Å²) in [7, 11) is 0. The van der Waals surface area contributed by atoms with Crippen molar-refractivity contribution in [2.24, 2.45) is 0 Å². The van der Waals surface area contributed by atoms with Gasteiger partial charge in [0.25, 0.3) is 0 Å². The fraction of sp³-hybridized carbons (Fsp3) is 0.0833. The predicted octanol–water partition coefficient (Wildman–Crippen LogP) is 2.50. The molecule has 0 aliphatic rings. The van der Waals surface area contributed by atoms with Crippen molar-refractivity contribution in [2.45, 2.75) is 5.88 Å². The Labute approximate surface area is 103 Å². The highest BCUT2D eigenvalue weighted by Gasteiger charge is 2.14. The maximum Gasteiger partial charge on any atom is 0.203 e. The lowest BCUT2D eigenvalue weighted by atomic mass is 10.2. The molecule has 1 heterocycles. The molecule has 2 N–H and O–H groups in total. The summed E-state index contributed by atoms with van der Waals surface area (Å²) in [4.78, 5) is 0. The van der Waals surface area contributed by atoms with E-state index in [1.165, 1.54) is 10.6 Å². The average molecular weight is 249 g/mol. The van der Waals surface area contributed by atoms with E-state index < -0.39 is 0 Å². The van der Waals surface area contributed by atoms with Crippen molar-refractivity contribution in [3.63, 3.8) is 0 Å². The van der Waals surface area contributed by atoms with Gasteiger partial charge in [-0.3, -0.25) is 4.57 Å². The third-order valence-corrected chi connectivity index (χ3v) is 2.72. The fourth-order valence-electron chi connectivity index (χ4n) is 1.57. The molecule has 0 fully saturated rings. The zero-order chi connectivity index (χ0) is 12.4. The van der Waals surface area contributed by atoms with Gasteiger partial charge in [0.05, 0.1) is 23.2 Å². The van der Waals surface area contributed by atoms with E-state index in [2.05, 4.69) is 0 Å². The molecule has 5 heteroatoms. The number of hydrogen-bond acceptors (Lipinski definition) is 3. The smallest absolute Gasteiger partial charge is 0.203 e. The van der Waals surface area contributed by atoms with Gasteiger partial charge in [-0.1, -0.05) is 0 Å². The quantitative estimate of drug-likeness (QED) is 0.803. The van der Waals surface area contributed by atoms with Crippen LogP contribution in [0, 0.1) is 11.3 Å². The molecule has 0 atom stereocenters. The Morgan fingerprint density at radius 3 is 2.35 bits per heavy atom. The van der Waals surface area contributed by atoms with Gasteiger partial charge >= 0.3 is 0 Å². The van der Waals surface area contributed by atoms with Crippen molar-refractivity contribution in [3.8, 4) is 23.5 Å². The van der Waals surface area contributed by atoms with Crippen LogP contribution in [0.15, 0.2) is 30.3 Å². The van der Waals surface area contributed by atoms with E-state index in [-0.39, 0.29) is 17.6 Å². The molecule has 17 heavy (non-hydrogen) atoms. The number of benzene rings is 1. The Morgan fingerprint density at radius 2 is 1.88 bits per heavy atom. The minimum absolute atomic E-state index is 0.0946. The molecular formula is C12H9ClN2O2. The van der Waals surface area contributed by atoms with Crippen LogP contribution in [0.4, 0.5) is 0 Å². The fourth-order valence-corrected chi connectivity index (χ4v) is 1.77. The molecule has 0 aliphatic heterocycles. The molecule has 0 unspecified atom stereocenters. The Bertz CT molecular complexity index is 582. The van der Waals surface area contributed by atoms with Gasteiger partial charge in [0.15, 0.2) is 5.88 Å². The van der Waals surface area contributed by atoms with Crippen LogP contribution >= 0.6 is 11.6 Å². The van der Waals surface area contributed by atoms with Gasteiger partial charge in [-0.25, -0.2) is 0 Å². The number of alkyl halides is 1. The molecule has 86 valence electrons. The summed E-state index contributed by atoms with van der Waals surface area (Å²) in [5.74, 6) is -0.0760. The van der Waals surface area contributed by atoms with E-state index in [9.17, 15) is 10.2 Å². The number of rotatable bonds is 2. The second kappa shape index (κ2) is 4.40. The molecule has 0 spiro atoms. The molecule has 4 nitrogen and oxygen atoms in total. The lowest BCUT2D eigenvalue weighted by molar-refractivity contribution is 0.401. The Hall–Kier alpha value is -2.12. The van der Waals surface area contributed by atoms with Gasteiger partial charge in [-0.2, -0.15) is 5.26 Å². The number of nitriles is 1. The van der Waals surface area contributed by atoms with Gasteiger partial charge in [0.1, 0.15) is 0 Å². The SMILES string of the molecule is N#Cc1ccc(-n2c(O)cc(CCl)c2O)cc1. The van der Waals surface area contributed by atoms with Gasteiger partial charge in [0.2, 0.25) is 5.88 Å². The molecule has 2 rings (SSSR count). The van der Waals surface area contributed by atoms with Crippen molar-refractivity contribution >= 4 is 11.6 Å². The molecular weight excluding hydrogens is 240 g/mol. The molecule has 0 radical (unpaired) electrons. The largest absolute Gasteiger partial charge is 0.494 e. The predicted molar refractivity (Wildman–Crippen MR) is 63.4 cm³/mol. The normalized spacial score (nSPS) is 10.1. The van der Waals surface area contributed by atoms with Crippen molar-refractivity contribution in [1.82, 2.24) is 4.57 Å². The zero-order valence-corrected chi connectivity index (χ0v) is 9.52. The second-order valence-electron chi connectivity index (χ2n) is 3.48. The highest BCUT2D eigenvalue weighted by Crippen LogP contribution is 2.32. The summed E-state index contributed by atoms with van der Waals surface area (Å²) in [6.45, 7) is 0. The third kappa shape index (κ3) is 1.93. The van der Waals surface area contributed by atoms with Crippen molar-refractivity contribution in [2.75, 3.05) is 0 Å². The van der Waals surface area contributed by atoms with E-state index in [1.54, 1.807) is 24.3 Å². The summed E-state index contributed by atoms with van der Waals surface area (Å²) in [5.41, 5.74) is 1.53. The van der Waals surface area contributed by atoms with Crippen LogP contribution in [0.3, 0.4) is 0 Å². The van der Waals surface area contributed by atoms with E-state index in [0.717, 1.165) is 0 Å². The first-order valence-corrected chi connectivity index (χ1v) is 5.40. The first kappa shape index (κ1) is 11.4. The van der Waals surface area contributed by atoms with Crippen molar-refractivity contribution < 1.29 is 10.2 Å². The molecule has 0 aliphatic carbocycles. The van der Waals surface area contributed by atoms with E-state index in [1.807, 2.05) is 6.07 Å². The van der Waals surface area contributed by atoms with Gasteiger partial charge < -0.3 is 10.2 Å². The van der Waals surface area contributed by atoms with Gasteiger partial charge in [0, 0.05) is 11.6 Å². The number of hydrogen-bond donors (Lipinski definition) is 2. The zero-order valence-electron chi connectivity index (χ0n) is 8.76. The monoisotopic (exact) mass is 248 g/mol. The highest BCUT2D eigenvalue weighted by molar-refractivity contribution is 6.17. The van der Waals surface area contributed by atoms with Crippen LogP contribution in [-0.2, 0) is 5.88 Å². The van der Waals surface area contributed by atoms with Crippen LogP contribution in [0.5, 0.6) is 11.8 Å². The molecule has 0 amide bonds. The number of aromatic nitrogens is 1. The Morgan fingerprint density at radius 1 is 1.24 bits per heavy atom. The topological polar surface area (TPSA) is 69.2 Å². The van der Waals surface area contributed by atoms with E-state index >= 15 is 0 Å². The van der Waals surface area contributed by atoms with Gasteiger partial charge in [-0.15, -0.1) is 11.6 Å². The maximum absolute atomic E-state index is 9.84. The molecule has 1 aromatic heterocycles. The van der Waals surface area contributed by atoms with Crippen LogP contribution in [0.25, 0.3) is 5.69 Å². The number of halogens is 1. The minimum Gasteiger partial charge on any atom is -0.494 e. The molecule has 0 saturated carbocycles. The molecule has 0 bridgehead atoms. The first-order valence-electron chi connectivity index (χ1n) is 4.86.